The van der Waals surface area contributed by atoms with Crippen LogP contribution >= 0.6 is 23.5 Å². The lowest BCUT2D eigenvalue weighted by Crippen LogP contribution is -2.41. The van der Waals surface area contributed by atoms with Crippen LogP contribution in [-0.2, 0) is 20.7 Å². The first-order valence-corrected chi connectivity index (χ1v) is 9.98. The summed E-state index contributed by atoms with van der Waals surface area (Å²) in [5.74, 6) is -0.768. The van der Waals surface area contributed by atoms with Gasteiger partial charge in [0.1, 0.15) is 5.82 Å². The normalized spacial score (nSPS) is 16.3. The number of aliphatic hydroxyl groups is 1. The second-order valence-corrected chi connectivity index (χ2v) is 10.1. The van der Waals surface area contributed by atoms with Crippen LogP contribution in [-0.4, -0.2) is 14.9 Å². The first-order chi connectivity index (χ1) is 10.1. The van der Waals surface area contributed by atoms with Crippen molar-refractivity contribution in [3.63, 3.8) is 0 Å². The summed E-state index contributed by atoms with van der Waals surface area (Å²) in [5, 5.41) is 8.66. The Morgan fingerprint density at radius 1 is 1.13 bits per heavy atom. The van der Waals surface area contributed by atoms with Gasteiger partial charge in [0, 0.05) is 16.3 Å². The summed E-state index contributed by atoms with van der Waals surface area (Å²) in [6.07, 6.45) is 0. The van der Waals surface area contributed by atoms with Crippen LogP contribution in [0, 0.1) is 11.2 Å². The van der Waals surface area contributed by atoms with Crippen LogP contribution in [0.2, 0.25) is 0 Å². The SMILES string of the molecule is CC(C)(C)c1c(CBr)ccc(C(O)(C(C)(C)C)P(=O)(O)O)c1F. The van der Waals surface area contributed by atoms with Crippen molar-refractivity contribution >= 4 is 23.5 Å². The molecule has 0 aromatic heterocycles. The van der Waals surface area contributed by atoms with Crippen LogP contribution in [0.3, 0.4) is 0 Å². The highest BCUT2D eigenvalue weighted by Gasteiger charge is 2.57. The lowest BCUT2D eigenvalue weighted by atomic mass is 9.78. The van der Waals surface area contributed by atoms with Crippen molar-refractivity contribution in [2.45, 2.75) is 57.6 Å². The molecule has 3 N–H and O–H groups in total. The molecule has 7 heteroatoms. The Kier molecular flexibility index (Phi) is 5.63. The number of hydrogen-bond donors (Lipinski definition) is 3. The summed E-state index contributed by atoms with van der Waals surface area (Å²) >= 11 is 3.31. The quantitative estimate of drug-likeness (QED) is 0.510. The van der Waals surface area contributed by atoms with Crippen molar-refractivity contribution in [3.8, 4) is 0 Å². The molecule has 0 saturated heterocycles. The Morgan fingerprint density at radius 2 is 1.61 bits per heavy atom. The zero-order chi connectivity index (χ0) is 18.4. The fourth-order valence-corrected chi connectivity index (χ4v) is 4.63. The Morgan fingerprint density at radius 3 is 1.91 bits per heavy atom. The third kappa shape index (κ3) is 3.57. The average Bonchev–Trinajstić information content (AvgIpc) is 2.32. The molecule has 0 spiro atoms. The molecule has 0 aliphatic heterocycles. The molecule has 132 valence electrons. The fourth-order valence-electron chi connectivity index (χ4n) is 2.81. The van der Waals surface area contributed by atoms with Crippen molar-refractivity contribution < 1.29 is 23.8 Å². The lowest BCUT2D eigenvalue weighted by Gasteiger charge is -2.41. The number of rotatable bonds is 3. The van der Waals surface area contributed by atoms with Crippen LogP contribution in [0.5, 0.6) is 0 Å². The molecule has 0 bridgehead atoms. The standard InChI is InChI=1S/C16H25BrFO4P/c1-14(2,3)12-10(9-17)7-8-11(13(12)18)16(19,15(4,5)6)23(20,21)22/h7-8,19H,9H2,1-6H3,(H2,20,21,22). The molecule has 0 saturated carbocycles. The molecule has 1 atom stereocenters. The molecule has 1 unspecified atom stereocenters. The molecule has 0 amide bonds. The summed E-state index contributed by atoms with van der Waals surface area (Å²) in [7, 11) is -5.05. The molecule has 0 fully saturated rings. The summed E-state index contributed by atoms with van der Waals surface area (Å²) in [5.41, 5.74) is -1.20. The number of alkyl halides is 1. The minimum atomic E-state index is -5.05. The van der Waals surface area contributed by atoms with Gasteiger partial charge in [0.2, 0.25) is 0 Å². The van der Waals surface area contributed by atoms with Crippen LogP contribution in [0.1, 0.15) is 58.2 Å². The maximum absolute atomic E-state index is 15.2. The van der Waals surface area contributed by atoms with Crippen molar-refractivity contribution in [2.75, 3.05) is 0 Å². The summed E-state index contributed by atoms with van der Waals surface area (Å²) in [6, 6.07) is 2.87. The highest BCUT2D eigenvalue weighted by molar-refractivity contribution is 9.08. The predicted molar refractivity (Wildman–Crippen MR) is 93.1 cm³/mol. The van der Waals surface area contributed by atoms with E-state index < -0.39 is 29.6 Å². The minimum absolute atomic E-state index is 0.336. The van der Waals surface area contributed by atoms with E-state index in [0.29, 0.717) is 16.5 Å². The molecule has 23 heavy (non-hydrogen) atoms. The highest BCUT2D eigenvalue weighted by atomic mass is 79.9. The van der Waals surface area contributed by atoms with Crippen molar-refractivity contribution in [1.29, 1.82) is 0 Å². The number of benzene rings is 1. The van der Waals surface area contributed by atoms with Gasteiger partial charge in [-0.2, -0.15) is 0 Å². The van der Waals surface area contributed by atoms with E-state index >= 15 is 4.39 Å². The molecule has 1 aromatic rings. The van der Waals surface area contributed by atoms with Gasteiger partial charge in [0.15, 0.2) is 5.34 Å². The van der Waals surface area contributed by atoms with Gasteiger partial charge >= 0.3 is 7.60 Å². The minimum Gasteiger partial charge on any atom is -0.373 e. The van der Waals surface area contributed by atoms with E-state index in [2.05, 4.69) is 15.9 Å². The van der Waals surface area contributed by atoms with Gasteiger partial charge in [0.25, 0.3) is 0 Å². The maximum atomic E-state index is 15.2. The molecule has 4 nitrogen and oxygen atoms in total. The Balaban J connectivity index is 3.90. The molecule has 1 rings (SSSR count). The van der Waals surface area contributed by atoms with Gasteiger partial charge in [-0.3, -0.25) is 4.57 Å². The van der Waals surface area contributed by atoms with Gasteiger partial charge in [-0.15, -0.1) is 0 Å². The van der Waals surface area contributed by atoms with Gasteiger partial charge in [0.05, 0.1) is 0 Å². The molecule has 1 aromatic carbocycles. The Labute approximate surface area is 145 Å². The maximum Gasteiger partial charge on any atom is 0.362 e. The van der Waals surface area contributed by atoms with Crippen LogP contribution in [0.25, 0.3) is 0 Å². The van der Waals surface area contributed by atoms with Gasteiger partial charge in [-0.25, -0.2) is 4.39 Å². The Bertz CT molecular complexity index is 643. The second kappa shape index (κ2) is 6.23. The molecular weight excluding hydrogens is 386 g/mol. The summed E-state index contributed by atoms with van der Waals surface area (Å²) in [4.78, 5) is 19.5. The van der Waals surface area contributed by atoms with Crippen LogP contribution < -0.4 is 0 Å². The first kappa shape index (κ1) is 20.8. The zero-order valence-electron chi connectivity index (χ0n) is 14.3. The van der Waals surface area contributed by atoms with Gasteiger partial charge in [-0.05, 0) is 16.5 Å². The third-order valence-corrected chi connectivity index (χ3v) is 6.32. The van der Waals surface area contributed by atoms with Gasteiger partial charge in [-0.1, -0.05) is 69.6 Å². The van der Waals surface area contributed by atoms with Gasteiger partial charge < -0.3 is 14.9 Å². The first-order valence-electron chi connectivity index (χ1n) is 7.25. The van der Waals surface area contributed by atoms with Crippen LogP contribution in [0.4, 0.5) is 4.39 Å². The van der Waals surface area contributed by atoms with E-state index in [0.717, 1.165) is 0 Å². The molecule has 0 radical (unpaired) electrons. The average molecular weight is 411 g/mol. The predicted octanol–water partition coefficient (Wildman–Crippen LogP) is 4.39. The van der Waals surface area contributed by atoms with E-state index in [1.54, 1.807) is 6.07 Å². The smallest absolute Gasteiger partial charge is 0.362 e. The van der Waals surface area contributed by atoms with Crippen molar-refractivity contribution in [1.82, 2.24) is 0 Å². The van der Waals surface area contributed by atoms with E-state index in [4.69, 9.17) is 0 Å². The third-order valence-electron chi connectivity index (χ3n) is 3.97. The largest absolute Gasteiger partial charge is 0.373 e. The molecular formula is C16H25BrFO4P. The topological polar surface area (TPSA) is 77.8 Å². The molecule has 0 heterocycles. The number of hydrogen-bond acceptors (Lipinski definition) is 2. The van der Waals surface area contributed by atoms with Crippen LogP contribution in [0.15, 0.2) is 12.1 Å². The molecule has 0 aliphatic carbocycles. The van der Waals surface area contributed by atoms with E-state index in [1.165, 1.54) is 26.8 Å². The summed E-state index contributed by atoms with van der Waals surface area (Å²) < 4.78 is 27.3. The monoisotopic (exact) mass is 410 g/mol. The summed E-state index contributed by atoms with van der Waals surface area (Å²) in [6.45, 7) is 9.86. The second-order valence-electron chi connectivity index (χ2n) is 7.81. The molecule has 0 aliphatic rings. The number of halogens is 2. The zero-order valence-corrected chi connectivity index (χ0v) is 16.8. The van der Waals surface area contributed by atoms with Crippen molar-refractivity contribution in [3.05, 3.63) is 34.6 Å². The van der Waals surface area contributed by atoms with E-state index in [9.17, 15) is 19.5 Å². The highest BCUT2D eigenvalue weighted by Crippen LogP contribution is 2.64. The van der Waals surface area contributed by atoms with E-state index in [-0.39, 0.29) is 5.56 Å². The lowest BCUT2D eigenvalue weighted by molar-refractivity contribution is -0.0118. The Hall–Kier alpha value is -0.260. The van der Waals surface area contributed by atoms with E-state index in [1.807, 2.05) is 20.8 Å². The fraction of sp³-hybridized carbons (Fsp3) is 0.625. The van der Waals surface area contributed by atoms with Crippen molar-refractivity contribution in [2.24, 2.45) is 5.41 Å².